The van der Waals surface area contributed by atoms with E-state index in [4.69, 9.17) is 9.15 Å². The molecule has 6 nitrogen and oxygen atoms in total. The SMILES string of the molecule is COc1ccc(C(O)=C2C(=O)C(=O)N(Cc3ccco3)C2c2cccc(Br)c2)cc1. The summed E-state index contributed by atoms with van der Waals surface area (Å²) in [5, 5.41) is 11.0. The molecule has 3 aromatic rings. The number of carbonyl (C=O) groups is 2. The molecule has 4 rings (SSSR count). The van der Waals surface area contributed by atoms with Gasteiger partial charge in [-0.05, 0) is 54.1 Å². The zero-order valence-corrected chi connectivity index (χ0v) is 17.6. The predicted molar refractivity (Wildman–Crippen MR) is 114 cm³/mol. The minimum absolute atomic E-state index is 0.0369. The van der Waals surface area contributed by atoms with Crippen molar-refractivity contribution in [2.45, 2.75) is 12.6 Å². The van der Waals surface area contributed by atoms with E-state index in [1.807, 2.05) is 24.3 Å². The van der Waals surface area contributed by atoms with E-state index in [1.54, 1.807) is 43.5 Å². The van der Waals surface area contributed by atoms with E-state index in [-0.39, 0.29) is 17.9 Å². The molecular weight excluding hydrogens is 450 g/mol. The molecule has 1 amide bonds. The summed E-state index contributed by atoms with van der Waals surface area (Å²) >= 11 is 3.44. The monoisotopic (exact) mass is 467 g/mol. The highest BCUT2D eigenvalue weighted by atomic mass is 79.9. The molecule has 1 aromatic heterocycles. The van der Waals surface area contributed by atoms with Gasteiger partial charge in [0.15, 0.2) is 0 Å². The van der Waals surface area contributed by atoms with Crippen LogP contribution in [0.3, 0.4) is 0 Å². The molecule has 30 heavy (non-hydrogen) atoms. The number of likely N-dealkylation sites (tertiary alicyclic amines) is 1. The fourth-order valence-corrected chi connectivity index (χ4v) is 3.96. The number of ether oxygens (including phenoxy) is 1. The van der Waals surface area contributed by atoms with Crippen LogP contribution in [-0.4, -0.2) is 28.8 Å². The van der Waals surface area contributed by atoms with Gasteiger partial charge in [-0.15, -0.1) is 0 Å². The van der Waals surface area contributed by atoms with Crippen LogP contribution in [0, 0.1) is 0 Å². The van der Waals surface area contributed by atoms with Gasteiger partial charge in [-0.25, -0.2) is 0 Å². The highest BCUT2D eigenvalue weighted by molar-refractivity contribution is 9.10. The van der Waals surface area contributed by atoms with Crippen LogP contribution in [0.4, 0.5) is 0 Å². The smallest absolute Gasteiger partial charge is 0.296 e. The summed E-state index contributed by atoms with van der Waals surface area (Å²) in [6.07, 6.45) is 1.51. The summed E-state index contributed by atoms with van der Waals surface area (Å²) in [6, 6.07) is 16.7. The molecule has 1 aliphatic heterocycles. The Morgan fingerprint density at radius 2 is 1.90 bits per heavy atom. The molecule has 2 heterocycles. The van der Waals surface area contributed by atoms with E-state index in [2.05, 4.69) is 15.9 Å². The van der Waals surface area contributed by atoms with Crippen molar-refractivity contribution < 1.29 is 23.8 Å². The van der Waals surface area contributed by atoms with Gasteiger partial charge in [0.25, 0.3) is 11.7 Å². The number of hydrogen-bond acceptors (Lipinski definition) is 5. The summed E-state index contributed by atoms with van der Waals surface area (Å²) in [5.74, 6) is -0.496. The Morgan fingerprint density at radius 3 is 2.53 bits per heavy atom. The zero-order valence-electron chi connectivity index (χ0n) is 16.0. The van der Waals surface area contributed by atoms with E-state index in [0.717, 1.165) is 4.47 Å². The largest absolute Gasteiger partial charge is 0.507 e. The molecule has 1 atom stereocenters. The maximum atomic E-state index is 13.0. The molecule has 0 saturated carbocycles. The summed E-state index contributed by atoms with van der Waals surface area (Å²) < 4.78 is 11.3. The minimum Gasteiger partial charge on any atom is -0.507 e. The molecule has 1 aliphatic rings. The van der Waals surface area contributed by atoms with E-state index < -0.39 is 17.7 Å². The van der Waals surface area contributed by atoms with Gasteiger partial charge in [0.2, 0.25) is 0 Å². The van der Waals surface area contributed by atoms with Crippen LogP contribution in [-0.2, 0) is 16.1 Å². The number of hydrogen-bond donors (Lipinski definition) is 1. The number of furan rings is 1. The van der Waals surface area contributed by atoms with Crippen molar-refractivity contribution in [3.63, 3.8) is 0 Å². The van der Waals surface area contributed by atoms with Crippen molar-refractivity contribution in [3.05, 3.63) is 93.9 Å². The van der Waals surface area contributed by atoms with Crippen molar-refractivity contribution in [2.75, 3.05) is 7.11 Å². The molecule has 1 fully saturated rings. The lowest BCUT2D eigenvalue weighted by Crippen LogP contribution is -2.29. The van der Waals surface area contributed by atoms with Gasteiger partial charge < -0.3 is 19.2 Å². The lowest BCUT2D eigenvalue weighted by Gasteiger charge is -2.24. The fraction of sp³-hybridized carbons (Fsp3) is 0.130. The van der Waals surface area contributed by atoms with Crippen LogP contribution in [0.5, 0.6) is 5.75 Å². The maximum Gasteiger partial charge on any atom is 0.296 e. The topological polar surface area (TPSA) is 80.0 Å². The van der Waals surface area contributed by atoms with Crippen LogP contribution in [0.2, 0.25) is 0 Å². The second kappa shape index (κ2) is 8.20. The summed E-state index contributed by atoms with van der Waals surface area (Å²) in [6.45, 7) is 0.105. The lowest BCUT2D eigenvalue weighted by atomic mass is 9.95. The number of rotatable bonds is 5. The molecule has 1 unspecified atom stereocenters. The molecule has 0 aliphatic carbocycles. The first-order valence-electron chi connectivity index (χ1n) is 9.20. The van der Waals surface area contributed by atoms with Crippen molar-refractivity contribution in [2.24, 2.45) is 0 Å². The van der Waals surface area contributed by atoms with Gasteiger partial charge in [-0.3, -0.25) is 9.59 Å². The van der Waals surface area contributed by atoms with Gasteiger partial charge in [-0.1, -0.05) is 28.1 Å². The average Bonchev–Trinajstić information content (AvgIpc) is 3.36. The molecule has 1 N–H and O–H groups in total. The van der Waals surface area contributed by atoms with Crippen molar-refractivity contribution in [1.29, 1.82) is 0 Å². The van der Waals surface area contributed by atoms with Crippen LogP contribution >= 0.6 is 15.9 Å². The quantitative estimate of drug-likeness (QED) is 0.335. The molecule has 1 saturated heterocycles. The van der Waals surface area contributed by atoms with Gasteiger partial charge in [0, 0.05) is 10.0 Å². The number of aliphatic hydroxyl groups is 1. The summed E-state index contributed by atoms with van der Waals surface area (Å²) in [4.78, 5) is 27.3. The Labute approximate surface area is 181 Å². The Hall–Kier alpha value is -3.32. The highest BCUT2D eigenvalue weighted by Gasteiger charge is 2.46. The number of methoxy groups -OCH3 is 1. The Balaban J connectivity index is 1.85. The van der Waals surface area contributed by atoms with Gasteiger partial charge in [-0.2, -0.15) is 0 Å². The number of aliphatic hydroxyl groups excluding tert-OH is 1. The second-order valence-corrected chi connectivity index (χ2v) is 7.71. The first-order valence-corrected chi connectivity index (χ1v) is 9.99. The Morgan fingerprint density at radius 1 is 1.13 bits per heavy atom. The molecule has 0 radical (unpaired) electrons. The van der Waals surface area contributed by atoms with Crippen molar-refractivity contribution in [3.8, 4) is 5.75 Å². The van der Waals surface area contributed by atoms with Crippen molar-refractivity contribution >= 4 is 33.4 Å². The van der Waals surface area contributed by atoms with Gasteiger partial charge >= 0.3 is 0 Å². The van der Waals surface area contributed by atoms with Crippen LogP contribution in [0.1, 0.15) is 22.9 Å². The second-order valence-electron chi connectivity index (χ2n) is 6.79. The molecule has 152 valence electrons. The fourth-order valence-electron chi connectivity index (χ4n) is 3.54. The first kappa shape index (κ1) is 20.0. The number of nitrogens with zero attached hydrogens (tertiary/aromatic N) is 1. The van der Waals surface area contributed by atoms with Gasteiger partial charge in [0.1, 0.15) is 17.3 Å². The van der Waals surface area contributed by atoms with E-state index in [1.165, 1.54) is 11.2 Å². The average molecular weight is 468 g/mol. The molecular formula is C23H18BrNO5. The first-order chi connectivity index (χ1) is 14.5. The standard InChI is InChI=1S/C23H18BrNO5/c1-29-17-9-7-14(8-10-17)21(26)19-20(15-4-2-5-16(24)12-15)25(23(28)22(19)27)13-18-6-3-11-30-18/h2-12,20,26H,13H2,1H3. The predicted octanol–water partition coefficient (Wildman–Crippen LogP) is 4.67. The minimum atomic E-state index is -0.755. The van der Waals surface area contributed by atoms with Crippen molar-refractivity contribution in [1.82, 2.24) is 4.90 Å². The third-order valence-corrected chi connectivity index (χ3v) is 5.47. The van der Waals surface area contributed by atoms with E-state index in [9.17, 15) is 14.7 Å². The van der Waals surface area contributed by atoms with Crippen LogP contribution in [0.15, 0.2) is 81.4 Å². The van der Waals surface area contributed by atoms with E-state index >= 15 is 0 Å². The van der Waals surface area contributed by atoms with E-state index in [0.29, 0.717) is 22.6 Å². The zero-order chi connectivity index (χ0) is 21.3. The molecule has 7 heteroatoms. The Kier molecular flexibility index (Phi) is 5.46. The highest BCUT2D eigenvalue weighted by Crippen LogP contribution is 2.41. The summed E-state index contributed by atoms with van der Waals surface area (Å²) in [7, 11) is 1.54. The van der Waals surface area contributed by atoms with Crippen LogP contribution in [0.25, 0.3) is 5.76 Å². The van der Waals surface area contributed by atoms with Crippen LogP contribution < -0.4 is 4.74 Å². The molecule has 2 aromatic carbocycles. The molecule has 0 bridgehead atoms. The van der Waals surface area contributed by atoms with Gasteiger partial charge in [0.05, 0.1) is 31.5 Å². The third kappa shape index (κ3) is 3.64. The normalized spacial score (nSPS) is 18.1. The number of amides is 1. The summed E-state index contributed by atoms with van der Waals surface area (Å²) in [5.41, 5.74) is 1.16. The number of carbonyl (C=O) groups excluding carboxylic acids is 2. The third-order valence-electron chi connectivity index (χ3n) is 4.97. The number of ketones is 1. The molecule has 0 spiro atoms. The number of Topliss-reactive ketones (excluding diaryl/α,β-unsaturated/α-hetero) is 1. The maximum absolute atomic E-state index is 13.0. The number of benzene rings is 2. The Bertz CT molecular complexity index is 1120. The number of halogens is 1. The lowest BCUT2D eigenvalue weighted by molar-refractivity contribution is -0.140.